The number of hydrogen-bond donors (Lipinski definition) is 1. The highest BCUT2D eigenvalue weighted by atomic mass is 19.1. The van der Waals surface area contributed by atoms with E-state index in [2.05, 4.69) is 15.0 Å². The number of fused-ring (bicyclic) bond motifs is 2. The lowest BCUT2D eigenvalue weighted by Gasteiger charge is -2.12. The summed E-state index contributed by atoms with van der Waals surface area (Å²) < 4.78 is 32.4. The van der Waals surface area contributed by atoms with Gasteiger partial charge in [-0.05, 0) is 49.4 Å². The molecule has 0 aliphatic carbocycles. The van der Waals surface area contributed by atoms with Crippen LogP contribution in [0.4, 0.5) is 4.39 Å². The fourth-order valence-corrected chi connectivity index (χ4v) is 3.87. The van der Waals surface area contributed by atoms with E-state index in [1.165, 1.54) is 6.33 Å². The number of aryl methyl sites for hydroxylation is 1. The summed E-state index contributed by atoms with van der Waals surface area (Å²) in [5.41, 5.74) is 2.20. The zero-order chi connectivity index (χ0) is 24.9. The van der Waals surface area contributed by atoms with E-state index in [0.29, 0.717) is 52.2 Å². The Hall–Kier alpha value is -3.88. The maximum absolute atomic E-state index is 15.0. The van der Waals surface area contributed by atoms with Gasteiger partial charge in [0.2, 0.25) is 5.91 Å². The molecule has 0 spiro atoms. The van der Waals surface area contributed by atoms with Crippen molar-refractivity contribution in [3.63, 3.8) is 0 Å². The third kappa shape index (κ3) is 5.45. The molecule has 2 N–H and O–H groups in total. The van der Waals surface area contributed by atoms with Crippen molar-refractivity contribution >= 4 is 27.7 Å². The van der Waals surface area contributed by atoms with E-state index in [9.17, 15) is 4.79 Å². The minimum absolute atomic E-state index is 0.104. The molecule has 4 rings (SSSR count). The maximum atomic E-state index is 15.0. The largest absolute Gasteiger partial charge is 0.493 e. The van der Waals surface area contributed by atoms with E-state index in [0.717, 1.165) is 25.0 Å². The van der Waals surface area contributed by atoms with Crippen LogP contribution in [0, 0.1) is 12.7 Å². The molecule has 0 bridgehead atoms. The van der Waals surface area contributed by atoms with Crippen molar-refractivity contribution in [3.8, 4) is 23.1 Å². The molecular formula is C26H30FN4O4+. The Labute approximate surface area is 203 Å². The number of ether oxygens (including phenoxy) is 3. The average molecular weight is 482 g/mol. The number of methoxy groups -OCH3 is 1. The van der Waals surface area contributed by atoms with Crippen molar-refractivity contribution in [2.45, 2.75) is 32.6 Å². The van der Waals surface area contributed by atoms with Gasteiger partial charge in [0.1, 0.15) is 5.39 Å². The number of rotatable bonds is 10. The number of hydrogen-bond acceptors (Lipinski definition) is 5. The van der Waals surface area contributed by atoms with Gasteiger partial charge >= 0.3 is 0 Å². The molecule has 0 saturated carbocycles. The van der Waals surface area contributed by atoms with Crippen molar-refractivity contribution < 1.29 is 28.4 Å². The zero-order valence-electron chi connectivity index (χ0n) is 20.4. The monoisotopic (exact) mass is 481 g/mol. The van der Waals surface area contributed by atoms with E-state index in [1.807, 2.05) is 6.92 Å². The molecule has 0 saturated heterocycles. The summed E-state index contributed by atoms with van der Waals surface area (Å²) in [6.07, 6.45) is 4.54. The van der Waals surface area contributed by atoms with Gasteiger partial charge in [-0.25, -0.2) is 9.37 Å². The van der Waals surface area contributed by atoms with Gasteiger partial charge in [0, 0.05) is 49.2 Å². The van der Waals surface area contributed by atoms with Crippen molar-refractivity contribution in [2.75, 3.05) is 27.8 Å². The first-order chi connectivity index (χ1) is 16.9. The molecule has 0 fully saturated rings. The molecule has 0 unspecified atom stereocenters. The van der Waals surface area contributed by atoms with Gasteiger partial charge in [-0.3, -0.25) is 4.79 Å². The van der Waals surface area contributed by atoms with E-state index in [1.54, 1.807) is 56.4 Å². The molecule has 2 aromatic carbocycles. The second-order valence-electron chi connectivity index (χ2n) is 8.59. The molecular weight excluding hydrogens is 451 g/mol. The number of carbonyl (C=O) groups is 1. The van der Waals surface area contributed by atoms with Crippen LogP contribution < -0.4 is 19.2 Å². The molecule has 1 amide bonds. The van der Waals surface area contributed by atoms with E-state index in [4.69, 9.17) is 14.2 Å². The maximum Gasteiger partial charge on any atom is 0.299 e. The number of nitrogens with one attached hydrogen (secondary N) is 2. The highest BCUT2D eigenvalue weighted by molar-refractivity contribution is 5.86. The van der Waals surface area contributed by atoms with Crippen LogP contribution in [0.15, 0.2) is 36.7 Å². The number of benzene rings is 2. The van der Waals surface area contributed by atoms with E-state index in [-0.39, 0.29) is 11.7 Å². The Balaban J connectivity index is 1.49. The van der Waals surface area contributed by atoms with Crippen LogP contribution in [0.3, 0.4) is 0 Å². The molecule has 0 aliphatic rings. The number of nitrogens with zero attached hydrogens (tertiary/aromatic N) is 2. The van der Waals surface area contributed by atoms with Crippen molar-refractivity contribution in [1.29, 1.82) is 0 Å². The predicted octanol–water partition coefficient (Wildman–Crippen LogP) is 4.81. The first kappa shape index (κ1) is 24.3. The quantitative estimate of drug-likeness (QED) is 0.329. The van der Waals surface area contributed by atoms with Crippen LogP contribution in [0.2, 0.25) is 0 Å². The number of amides is 1. The Morgan fingerprint density at radius 3 is 2.69 bits per heavy atom. The second-order valence-corrected chi connectivity index (χ2v) is 8.59. The van der Waals surface area contributed by atoms with Gasteiger partial charge in [0.15, 0.2) is 28.6 Å². The highest BCUT2D eigenvalue weighted by Crippen LogP contribution is 2.36. The normalized spacial score (nSPS) is 11.1. The summed E-state index contributed by atoms with van der Waals surface area (Å²) in [4.78, 5) is 23.7. The second kappa shape index (κ2) is 10.6. The van der Waals surface area contributed by atoms with Crippen LogP contribution in [0.5, 0.6) is 23.1 Å². The Morgan fingerprint density at radius 1 is 1.09 bits per heavy atom. The van der Waals surface area contributed by atoms with Gasteiger partial charge in [-0.1, -0.05) is 0 Å². The number of aromatic amines is 2. The van der Waals surface area contributed by atoms with Gasteiger partial charge in [-0.2, -0.15) is 0 Å². The molecule has 8 nitrogen and oxygen atoms in total. The summed E-state index contributed by atoms with van der Waals surface area (Å²) in [6.45, 7) is 2.36. The SMILES string of the molecule is COc1cc2c(Oc3ccc4[nH]c(C)cc4c3F)[nH+]cnc2cc1OCCCCCC(=O)N(C)C. The van der Waals surface area contributed by atoms with Crippen LogP contribution in [0.1, 0.15) is 31.4 Å². The average Bonchev–Trinajstić information content (AvgIpc) is 3.23. The van der Waals surface area contributed by atoms with Crippen molar-refractivity contribution in [1.82, 2.24) is 14.9 Å². The Kier molecular flexibility index (Phi) is 7.33. The number of H-pyrrole nitrogens is 2. The standard InChI is InChI=1S/C26H29FN4O4/c1-16-12-17-19(30-16)9-10-21(25(17)27)35-26-18-13-22(33-4)23(14-20(18)28-15-29-26)34-11-7-5-6-8-24(32)31(2)3/h9-10,12-15,30H,5-8,11H2,1-4H3/p+1. The van der Waals surface area contributed by atoms with Gasteiger partial charge in [0.05, 0.1) is 13.7 Å². The van der Waals surface area contributed by atoms with E-state index < -0.39 is 5.82 Å². The molecule has 0 atom stereocenters. The minimum atomic E-state index is -0.440. The number of unbranched alkanes of at least 4 members (excludes halogenated alkanes) is 2. The zero-order valence-corrected chi connectivity index (χ0v) is 20.4. The third-order valence-corrected chi connectivity index (χ3v) is 5.77. The minimum Gasteiger partial charge on any atom is -0.493 e. The van der Waals surface area contributed by atoms with Crippen LogP contribution >= 0.6 is 0 Å². The molecule has 4 aromatic rings. The van der Waals surface area contributed by atoms with Gasteiger partial charge in [-0.15, -0.1) is 0 Å². The Bertz CT molecular complexity index is 1350. The Morgan fingerprint density at radius 2 is 1.91 bits per heavy atom. The lowest BCUT2D eigenvalue weighted by Crippen LogP contribution is -2.21. The molecule has 2 aromatic heterocycles. The summed E-state index contributed by atoms with van der Waals surface area (Å²) in [5, 5.41) is 1.10. The van der Waals surface area contributed by atoms with Crippen molar-refractivity contribution in [2.24, 2.45) is 0 Å². The van der Waals surface area contributed by atoms with Crippen LogP contribution in [0.25, 0.3) is 21.8 Å². The van der Waals surface area contributed by atoms with E-state index >= 15 is 4.39 Å². The molecule has 0 radical (unpaired) electrons. The summed E-state index contributed by atoms with van der Waals surface area (Å²) in [6, 6.07) is 8.66. The van der Waals surface area contributed by atoms with Crippen LogP contribution in [-0.4, -0.2) is 48.6 Å². The fraction of sp³-hybridized carbons (Fsp3) is 0.346. The highest BCUT2D eigenvalue weighted by Gasteiger charge is 2.19. The predicted molar refractivity (Wildman–Crippen MR) is 131 cm³/mol. The van der Waals surface area contributed by atoms with Gasteiger partial charge in [0.25, 0.3) is 12.2 Å². The molecule has 184 valence electrons. The summed E-state index contributed by atoms with van der Waals surface area (Å²) >= 11 is 0. The summed E-state index contributed by atoms with van der Waals surface area (Å²) in [5.74, 6) is 1.21. The first-order valence-corrected chi connectivity index (χ1v) is 11.5. The molecule has 0 aliphatic heterocycles. The van der Waals surface area contributed by atoms with Gasteiger partial charge < -0.3 is 24.1 Å². The number of carbonyl (C=O) groups excluding carboxylic acids is 1. The third-order valence-electron chi connectivity index (χ3n) is 5.77. The topological polar surface area (TPSA) is 90.8 Å². The number of halogens is 1. The lowest BCUT2D eigenvalue weighted by molar-refractivity contribution is -0.393. The first-order valence-electron chi connectivity index (χ1n) is 11.5. The van der Waals surface area contributed by atoms with Crippen LogP contribution in [-0.2, 0) is 4.79 Å². The molecule has 35 heavy (non-hydrogen) atoms. The van der Waals surface area contributed by atoms with Crippen molar-refractivity contribution in [3.05, 3.63) is 48.2 Å². The smallest absolute Gasteiger partial charge is 0.299 e. The fourth-order valence-electron chi connectivity index (χ4n) is 3.87. The number of aromatic nitrogens is 3. The molecule has 9 heteroatoms. The summed E-state index contributed by atoms with van der Waals surface area (Å²) in [7, 11) is 5.08. The molecule has 2 heterocycles. The lowest BCUT2D eigenvalue weighted by atomic mass is 10.2.